The lowest BCUT2D eigenvalue weighted by Gasteiger charge is -2.39. The molecule has 0 spiro atoms. The number of halogens is 1. The van der Waals surface area contributed by atoms with Crippen LogP contribution in [0.4, 0.5) is 0 Å². The first-order chi connectivity index (χ1) is 13.9. The third-order valence-electron chi connectivity index (χ3n) is 5.76. The van der Waals surface area contributed by atoms with Crippen molar-refractivity contribution in [3.63, 3.8) is 0 Å². The summed E-state index contributed by atoms with van der Waals surface area (Å²) in [5.41, 5.74) is 0.855. The molecule has 3 rings (SSSR count). The summed E-state index contributed by atoms with van der Waals surface area (Å²) in [5.74, 6) is -0.146. The molecule has 1 N–H and O–H groups in total. The van der Waals surface area contributed by atoms with Gasteiger partial charge in [-0.1, -0.05) is 23.7 Å². The lowest BCUT2D eigenvalue weighted by atomic mass is 10.1. The standard InChI is InChI=1S/C22H30ClN3O3/c1-17-22(29)25(11-3-10-24-12-8-20(27)9-13-24)14-15-26(17)21(28)7-6-18-4-2-5-19(23)16-18/h2,4-7,16-17,20,27H,3,8-15H2,1H3/b7-6+. The zero-order chi connectivity index (χ0) is 20.8. The van der Waals surface area contributed by atoms with Gasteiger partial charge in [-0.25, -0.2) is 0 Å². The van der Waals surface area contributed by atoms with E-state index in [1.807, 2.05) is 17.0 Å². The largest absolute Gasteiger partial charge is 0.393 e. The predicted octanol–water partition coefficient (Wildman–Crippen LogP) is 2.26. The first-order valence-electron chi connectivity index (χ1n) is 10.4. The van der Waals surface area contributed by atoms with E-state index in [-0.39, 0.29) is 17.9 Å². The quantitative estimate of drug-likeness (QED) is 0.718. The first kappa shape index (κ1) is 21.8. The molecule has 2 aliphatic rings. The van der Waals surface area contributed by atoms with Gasteiger partial charge >= 0.3 is 0 Å². The Balaban J connectivity index is 1.46. The van der Waals surface area contributed by atoms with Crippen LogP contribution in [0, 0.1) is 0 Å². The van der Waals surface area contributed by atoms with Crippen molar-refractivity contribution in [2.24, 2.45) is 0 Å². The summed E-state index contributed by atoms with van der Waals surface area (Å²) in [6.07, 6.45) is 5.66. The van der Waals surface area contributed by atoms with Gasteiger partial charge in [0, 0.05) is 43.8 Å². The van der Waals surface area contributed by atoms with Gasteiger partial charge in [0.05, 0.1) is 6.10 Å². The molecular formula is C22H30ClN3O3. The molecule has 0 bridgehead atoms. The van der Waals surface area contributed by atoms with Crippen LogP contribution >= 0.6 is 11.6 Å². The van der Waals surface area contributed by atoms with E-state index in [2.05, 4.69) is 4.90 Å². The summed E-state index contributed by atoms with van der Waals surface area (Å²) >= 11 is 5.97. The van der Waals surface area contributed by atoms with Crippen molar-refractivity contribution in [1.82, 2.24) is 14.7 Å². The van der Waals surface area contributed by atoms with Crippen LogP contribution in [0.15, 0.2) is 30.3 Å². The molecule has 1 aromatic carbocycles. The van der Waals surface area contributed by atoms with Crippen LogP contribution in [-0.4, -0.2) is 83.0 Å². The number of hydrogen-bond acceptors (Lipinski definition) is 4. The molecule has 0 radical (unpaired) electrons. The average Bonchev–Trinajstić information content (AvgIpc) is 2.71. The van der Waals surface area contributed by atoms with Crippen molar-refractivity contribution in [2.45, 2.75) is 38.3 Å². The minimum absolute atomic E-state index is 0.00909. The van der Waals surface area contributed by atoms with Crippen molar-refractivity contribution in [3.8, 4) is 0 Å². The van der Waals surface area contributed by atoms with Crippen molar-refractivity contribution >= 4 is 29.5 Å². The second-order valence-corrected chi connectivity index (χ2v) is 8.28. The molecule has 2 saturated heterocycles. The van der Waals surface area contributed by atoms with Gasteiger partial charge in [0.15, 0.2) is 0 Å². The van der Waals surface area contributed by atoms with Gasteiger partial charge in [0.25, 0.3) is 0 Å². The average molecular weight is 420 g/mol. The van der Waals surface area contributed by atoms with Gasteiger partial charge in [-0.2, -0.15) is 0 Å². The number of benzene rings is 1. The molecule has 1 aromatic rings. The Morgan fingerprint density at radius 2 is 1.97 bits per heavy atom. The molecule has 158 valence electrons. The van der Waals surface area contributed by atoms with Gasteiger partial charge in [-0.05, 0) is 56.5 Å². The fraction of sp³-hybridized carbons (Fsp3) is 0.545. The molecule has 29 heavy (non-hydrogen) atoms. The summed E-state index contributed by atoms with van der Waals surface area (Å²) in [7, 11) is 0. The number of piperidine rings is 1. The normalized spacial score (nSPS) is 21.9. The predicted molar refractivity (Wildman–Crippen MR) is 115 cm³/mol. The molecule has 6 nitrogen and oxygen atoms in total. The van der Waals surface area contributed by atoms with Crippen molar-refractivity contribution in [1.29, 1.82) is 0 Å². The van der Waals surface area contributed by atoms with Crippen LogP contribution in [0.5, 0.6) is 0 Å². The third-order valence-corrected chi connectivity index (χ3v) is 5.99. The summed E-state index contributed by atoms with van der Waals surface area (Å²) in [6, 6.07) is 6.84. The molecular weight excluding hydrogens is 390 g/mol. The number of piperazine rings is 1. The number of likely N-dealkylation sites (tertiary alicyclic amines) is 1. The molecule has 1 unspecified atom stereocenters. The fourth-order valence-electron chi connectivity index (χ4n) is 3.95. The van der Waals surface area contributed by atoms with Gasteiger partial charge in [0.1, 0.15) is 6.04 Å². The number of amides is 2. The Kier molecular flexibility index (Phi) is 7.70. The van der Waals surface area contributed by atoms with E-state index in [1.165, 1.54) is 6.08 Å². The number of aliphatic hydroxyl groups is 1. The molecule has 2 amide bonds. The third kappa shape index (κ3) is 6.04. The summed E-state index contributed by atoms with van der Waals surface area (Å²) in [4.78, 5) is 31.2. The van der Waals surface area contributed by atoms with E-state index in [9.17, 15) is 14.7 Å². The SMILES string of the molecule is CC1C(=O)N(CCCN2CCC(O)CC2)CCN1C(=O)/C=C/c1cccc(Cl)c1. The maximum atomic E-state index is 12.7. The second kappa shape index (κ2) is 10.2. The highest BCUT2D eigenvalue weighted by Crippen LogP contribution is 2.16. The van der Waals surface area contributed by atoms with Gasteiger partial charge < -0.3 is 19.8 Å². The molecule has 2 aliphatic heterocycles. The molecule has 0 saturated carbocycles. The highest BCUT2D eigenvalue weighted by atomic mass is 35.5. The Bertz CT molecular complexity index is 747. The molecule has 0 aliphatic carbocycles. The Morgan fingerprint density at radius 3 is 2.69 bits per heavy atom. The topological polar surface area (TPSA) is 64.1 Å². The first-order valence-corrected chi connectivity index (χ1v) is 10.8. The van der Waals surface area contributed by atoms with Crippen LogP contribution in [0.3, 0.4) is 0 Å². The van der Waals surface area contributed by atoms with E-state index < -0.39 is 6.04 Å². The van der Waals surface area contributed by atoms with Crippen LogP contribution in [0.1, 0.15) is 31.7 Å². The van der Waals surface area contributed by atoms with Gasteiger partial charge in [-0.3, -0.25) is 9.59 Å². The lowest BCUT2D eigenvalue weighted by Crippen LogP contribution is -2.57. The molecule has 7 heteroatoms. The van der Waals surface area contributed by atoms with E-state index in [0.717, 1.165) is 44.5 Å². The summed E-state index contributed by atoms with van der Waals surface area (Å²) in [6.45, 7) is 6.41. The zero-order valence-corrected chi connectivity index (χ0v) is 17.7. The zero-order valence-electron chi connectivity index (χ0n) is 17.0. The van der Waals surface area contributed by atoms with E-state index >= 15 is 0 Å². The van der Waals surface area contributed by atoms with Crippen molar-refractivity contribution < 1.29 is 14.7 Å². The maximum Gasteiger partial charge on any atom is 0.247 e. The number of nitrogens with zero attached hydrogens (tertiary/aromatic N) is 3. The number of carbonyl (C=O) groups excluding carboxylic acids is 2. The van der Waals surface area contributed by atoms with E-state index in [0.29, 0.717) is 24.7 Å². The van der Waals surface area contributed by atoms with E-state index in [1.54, 1.807) is 30.0 Å². The summed E-state index contributed by atoms with van der Waals surface area (Å²) in [5, 5.41) is 10.2. The molecule has 2 fully saturated rings. The Hall–Kier alpha value is -1.89. The fourth-order valence-corrected chi connectivity index (χ4v) is 4.15. The van der Waals surface area contributed by atoms with Crippen LogP contribution in [0.2, 0.25) is 5.02 Å². The lowest BCUT2D eigenvalue weighted by molar-refractivity contribution is -0.148. The highest BCUT2D eigenvalue weighted by molar-refractivity contribution is 6.30. The van der Waals surface area contributed by atoms with Crippen molar-refractivity contribution in [2.75, 3.05) is 39.3 Å². The van der Waals surface area contributed by atoms with Crippen molar-refractivity contribution in [3.05, 3.63) is 40.9 Å². The highest BCUT2D eigenvalue weighted by Gasteiger charge is 2.33. The number of rotatable bonds is 6. The van der Waals surface area contributed by atoms with Gasteiger partial charge in [0.2, 0.25) is 11.8 Å². The minimum Gasteiger partial charge on any atom is -0.393 e. The van der Waals surface area contributed by atoms with E-state index in [4.69, 9.17) is 11.6 Å². The number of aliphatic hydroxyl groups excluding tert-OH is 1. The molecule has 1 atom stereocenters. The monoisotopic (exact) mass is 419 g/mol. The van der Waals surface area contributed by atoms with Gasteiger partial charge in [-0.15, -0.1) is 0 Å². The Labute approximate surface area is 177 Å². The van der Waals surface area contributed by atoms with Crippen LogP contribution < -0.4 is 0 Å². The second-order valence-electron chi connectivity index (χ2n) is 7.85. The van der Waals surface area contributed by atoms with Crippen LogP contribution in [-0.2, 0) is 9.59 Å². The maximum absolute atomic E-state index is 12.7. The van der Waals surface area contributed by atoms with Crippen LogP contribution in [0.25, 0.3) is 6.08 Å². The Morgan fingerprint density at radius 1 is 1.21 bits per heavy atom. The smallest absolute Gasteiger partial charge is 0.247 e. The minimum atomic E-state index is -0.453. The number of carbonyl (C=O) groups is 2. The number of hydrogen-bond donors (Lipinski definition) is 1. The molecule has 0 aromatic heterocycles. The molecule has 2 heterocycles. The summed E-state index contributed by atoms with van der Waals surface area (Å²) < 4.78 is 0.